The molecule has 0 aliphatic rings. The first kappa shape index (κ1) is 29.7. The van der Waals surface area contributed by atoms with Crippen molar-refractivity contribution in [1.82, 2.24) is 10.2 Å². The number of anilines is 1. The molecule has 0 aromatic heterocycles. The van der Waals surface area contributed by atoms with E-state index in [0.29, 0.717) is 43.9 Å². The van der Waals surface area contributed by atoms with Gasteiger partial charge >= 0.3 is 11.9 Å². The Morgan fingerprint density at radius 1 is 0.943 bits per heavy atom. The largest absolute Gasteiger partial charge is 0.480 e. The van der Waals surface area contributed by atoms with Crippen molar-refractivity contribution in [2.24, 2.45) is 5.92 Å². The summed E-state index contributed by atoms with van der Waals surface area (Å²) in [6.07, 6.45) is 0.829. The summed E-state index contributed by atoms with van der Waals surface area (Å²) >= 11 is 0. The highest BCUT2D eigenvalue weighted by Crippen LogP contribution is 2.18. The third-order valence-corrected chi connectivity index (χ3v) is 4.93. The van der Waals surface area contributed by atoms with E-state index in [0.717, 1.165) is 0 Å². The molecule has 0 heterocycles. The minimum atomic E-state index is -1.17. The summed E-state index contributed by atoms with van der Waals surface area (Å²) in [6, 6.07) is 4.72. The molecule has 0 unspecified atom stereocenters. The fourth-order valence-corrected chi connectivity index (χ4v) is 3.09. The fraction of sp³-hybridized carbons (Fsp3) is 0.542. The third-order valence-electron chi connectivity index (χ3n) is 4.93. The van der Waals surface area contributed by atoms with E-state index in [1.807, 2.05) is 0 Å². The Hall–Kier alpha value is -3.31. The van der Waals surface area contributed by atoms with Crippen LogP contribution in [0, 0.1) is 5.92 Å². The van der Waals surface area contributed by atoms with Gasteiger partial charge in [-0.1, -0.05) is 20.8 Å². The minimum Gasteiger partial charge on any atom is -0.480 e. The first-order valence-electron chi connectivity index (χ1n) is 11.5. The van der Waals surface area contributed by atoms with Crippen LogP contribution in [0.1, 0.15) is 54.3 Å². The van der Waals surface area contributed by atoms with Gasteiger partial charge in [0.05, 0.1) is 26.3 Å². The maximum Gasteiger partial charge on any atom is 0.317 e. The highest BCUT2D eigenvalue weighted by Gasteiger charge is 2.17. The van der Waals surface area contributed by atoms with E-state index in [1.54, 1.807) is 32.9 Å². The normalized spacial score (nSPS) is 10.9. The second-order valence-electron chi connectivity index (χ2n) is 8.25. The molecule has 0 atom stereocenters. The molecule has 35 heavy (non-hydrogen) atoms. The van der Waals surface area contributed by atoms with E-state index in [1.165, 1.54) is 11.0 Å². The number of Topliss-reactive ketones (excluding diaryl/α,β-unsaturated/α-hetero) is 2. The van der Waals surface area contributed by atoms with Crippen molar-refractivity contribution in [1.29, 1.82) is 0 Å². The summed E-state index contributed by atoms with van der Waals surface area (Å²) < 4.78 is 5.43. The average molecular weight is 494 g/mol. The third kappa shape index (κ3) is 12.1. The SMILES string of the molecule is CCC(=O)CCOCCNc1cc(C(=O)NCCN(CC(=O)O)CC(=O)O)cc(C(=O)C(C)C)c1. The molecule has 4 N–H and O–H groups in total. The van der Waals surface area contributed by atoms with Crippen LogP contribution in [0.25, 0.3) is 0 Å². The van der Waals surface area contributed by atoms with Crippen LogP contribution in [-0.4, -0.2) is 90.5 Å². The monoisotopic (exact) mass is 493 g/mol. The summed E-state index contributed by atoms with van der Waals surface area (Å²) in [5.74, 6) is -3.11. The van der Waals surface area contributed by atoms with Gasteiger partial charge in [0.25, 0.3) is 5.91 Å². The Morgan fingerprint density at radius 3 is 2.14 bits per heavy atom. The lowest BCUT2D eigenvalue weighted by Gasteiger charge is -2.18. The minimum absolute atomic E-state index is 0.0226. The summed E-state index contributed by atoms with van der Waals surface area (Å²) in [5, 5.41) is 23.6. The quantitative estimate of drug-likeness (QED) is 0.174. The molecular formula is C24H35N3O8. The van der Waals surface area contributed by atoms with Crippen molar-refractivity contribution in [3.05, 3.63) is 29.3 Å². The molecule has 1 aromatic rings. The predicted octanol–water partition coefficient (Wildman–Crippen LogP) is 1.52. The fourth-order valence-electron chi connectivity index (χ4n) is 3.09. The van der Waals surface area contributed by atoms with Gasteiger partial charge in [0.1, 0.15) is 5.78 Å². The Labute approximate surface area is 204 Å². The van der Waals surface area contributed by atoms with Gasteiger partial charge < -0.3 is 25.6 Å². The smallest absolute Gasteiger partial charge is 0.317 e. The Morgan fingerprint density at radius 2 is 1.57 bits per heavy atom. The molecule has 1 rings (SSSR count). The van der Waals surface area contributed by atoms with Gasteiger partial charge in [-0.05, 0) is 18.2 Å². The highest BCUT2D eigenvalue weighted by molar-refractivity contribution is 6.02. The van der Waals surface area contributed by atoms with Crippen LogP contribution in [0.5, 0.6) is 0 Å². The number of carbonyl (C=O) groups is 5. The lowest BCUT2D eigenvalue weighted by molar-refractivity contribution is -0.141. The summed E-state index contributed by atoms with van der Waals surface area (Å²) in [6.45, 7) is 5.49. The number of nitrogens with one attached hydrogen (secondary N) is 2. The predicted molar refractivity (Wildman–Crippen MR) is 129 cm³/mol. The second-order valence-corrected chi connectivity index (χ2v) is 8.25. The van der Waals surface area contributed by atoms with Crippen LogP contribution < -0.4 is 10.6 Å². The van der Waals surface area contributed by atoms with E-state index in [9.17, 15) is 24.0 Å². The maximum atomic E-state index is 12.7. The molecule has 0 saturated heterocycles. The number of carbonyl (C=O) groups excluding carboxylic acids is 3. The van der Waals surface area contributed by atoms with Crippen molar-refractivity contribution in [2.75, 3.05) is 51.3 Å². The lowest BCUT2D eigenvalue weighted by atomic mass is 9.98. The van der Waals surface area contributed by atoms with Crippen LogP contribution in [0.15, 0.2) is 18.2 Å². The number of carboxylic acids is 2. The van der Waals surface area contributed by atoms with E-state index in [-0.39, 0.29) is 36.1 Å². The highest BCUT2D eigenvalue weighted by atomic mass is 16.5. The van der Waals surface area contributed by atoms with Crippen LogP contribution in [0.2, 0.25) is 0 Å². The van der Waals surface area contributed by atoms with Crippen molar-refractivity contribution in [3.63, 3.8) is 0 Å². The van der Waals surface area contributed by atoms with Crippen LogP contribution in [0.3, 0.4) is 0 Å². The van der Waals surface area contributed by atoms with Crippen molar-refractivity contribution < 1.29 is 38.9 Å². The summed E-state index contributed by atoms with van der Waals surface area (Å²) in [7, 11) is 0. The van der Waals surface area contributed by atoms with Gasteiger partial charge in [0, 0.05) is 55.2 Å². The molecule has 11 nitrogen and oxygen atoms in total. The number of hydrogen-bond donors (Lipinski definition) is 4. The molecule has 0 spiro atoms. The second kappa shape index (κ2) is 15.6. The summed E-state index contributed by atoms with van der Waals surface area (Å²) in [4.78, 5) is 59.6. The molecule has 0 bridgehead atoms. The number of carboxylic acid groups (broad SMARTS) is 2. The molecule has 0 aliphatic heterocycles. The van der Waals surface area contributed by atoms with Gasteiger partial charge in [0.2, 0.25) is 0 Å². The Kier molecular flexibility index (Phi) is 13.2. The number of ether oxygens (including phenoxy) is 1. The first-order valence-corrected chi connectivity index (χ1v) is 11.5. The van der Waals surface area contributed by atoms with Crippen LogP contribution in [0.4, 0.5) is 5.69 Å². The lowest BCUT2D eigenvalue weighted by Crippen LogP contribution is -2.40. The molecule has 1 amide bonds. The van der Waals surface area contributed by atoms with E-state index < -0.39 is 30.9 Å². The number of benzene rings is 1. The van der Waals surface area contributed by atoms with Gasteiger partial charge in [-0.25, -0.2) is 0 Å². The number of hydrogen-bond acceptors (Lipinski definition) is 8. The van der Waals surface area contributed by atoms with Crippen LogP contribution in [-0.2, 0) is 19.1 Å². The molecule has 0 fully saturated rings. The van der Waals surface area contributed by atoms with Crippen LogP contribution >= 0.6 is 0 Å². The van der Waals surface area contributed by atoms with E-state index in [4.69, 9.17) is 14.9 Å². The van der Waals surface area contributed by atoms with Crippen molar-refractivity contribution >= 4 is 35.1 Å². The molecule has 11 heteroatoms. The standard InChI is InChI=1S/C24H35N3O8/c1-4-20(28)5-9-35-10-7-25-19-12-17(23(33)16(2)3)11-18(13-19)24(34)26-6-8-27(14-21(29)30)15-22(31)32/h11-13,16,25H,4-10,14-15H2,1-3H3,(H,26,34)(H,29,30)(H,31,32). The van der Waals surface area contributed by atoms with Gasteiger partial charge in [-0.3, -0.25) is 28.9 Å². The van der Waals surface area contributed by atoms with E-state index in [2.05, 4.69) is 10.6 Å². The topological polar surface area (TPSA) is 162 Å². The number of aliphatic carboxylic acids is 2. The number of rotatable bonds is 18. The van der Waals surface area contributed by atoms with Gasteiger partial charge in [-0.15, -0.1) is 0 Å². The van der Waals surface area contributed by atoms with Gasteiger partial charge in [-0.2, -0.15) is 0 Å². The number of amides is 1. The zero-order chi connectivity index (χ0) is 26.4. The molecule has 0 radical (unpaired) electrons. The molecular weight excluding hydrogens is 458 g/mol. The number of ketones is 2. The molecule has 0 saturated carbocycles. The Bertz CT molecular complexity index is 885. The van der Waals surface area contributed by atoms with Crippen molar-refractivity contribution in [2.45, 2.75) is 33.6 Å². The summed E-state index contributed by atoms with van der Waals surface area (Å²) in [5.41, 5.74) is 1.15. The maximum absolute atomic E-state index is 12.7. The average Bonchev–Trinajstić information content (AvgIpc) is 2.79. The number of nitrogens with zero attached hydrogens (tertiary/aromatic N) is 1. The molecule has 1 aromatic carbocycles. The van der Waals surface area contributed by atoms with Crippen molar-refractivity contribution in [3.8, 4) is 0 Å². The zero-order valence-corrected chi connectivity index (χ0v) is 20.5. The molecule has 194 valence electrons. The molecule has 0 aliphatic carbocycles. The zero-order valence-electron chi connectivity index (χ0n) is 20.5. The van der Waals surface area contributed by atoms with E-state index >= 15 is 0 Å². The Balaban J connectivity index is 2.80. The first-order chi connectivity index (χ1) is 16.5. The van der Waals surface area contributed by atoms with Gasteiger partial charge in [0.15, 0.2) is 5.78 Å².